The van der Waals surface area contributed by atoms with Gasteiger partial charge in [-0.3, -0.25) is 9.59 Å². The van der Waals surface area contributed by atoms with Crippen LogP contribution in [0.1, 0.15) is 43.9 Å². The van der Waals surface area contributed by atoms with Crippen LogP contribution in [0.2, 0.25) is 0 Å². The molecule has 29 heavy (non-hydrogen) atoms. The maximum Gasteiger partial charge on any atom is 0.261 e. The maximum atomic E-state index is 13.0. The lowest BCUT2D eigenvalue weighted by Crippen LogP contribution is -2.50. The van der Waals surface area contributed by atoms with E-state index >= 15 is 0 Å². The lowest BCUT2D eigenvalue weighted by atomic mass is 10.1. The lowest BCUT2D eigenvalue weighted by Gasteiger charge is -2.30. The van der Waals surface area contributed by atoms with Gasteiger partial charge in [0.2, 0.25) is 5.91 Å². The molecule has 0 bridgehead atoms. The predicted molar refractivity (Wildman–Crippen MR) is 116 cm³/mol. The van der Waals surface area contributed by atoms with Crippen LogP contribution in [-0.2, 0) is 16.1 Å². The number of benzene rings is 2. The van der Waals surface area contributed by atoms with E-state index in [1.807, 2.05) is 76.2 Å². The number of rotatable bonds is 9. The Morgan fingerprint density at radius 2 is 1.79 bits per heavy atom. The standard InChI is InChI=1S/C24H32N2O3/c1-6-19(4)25-24(28)20(5)26(15-21-12-8-7-11-18(21)3)23(27)16-29-22-13-9-10-17(2)14-22/h7-14,19-20H,6,15-16H2,1-5H3,(H,25,28). The van der Waals surface area contributed by atoms with Crippen molar-refractivity contribution in [1.29, 1.82) is 0 Å². The highest BCUT2D eigenvalue weighted by Crippen LogP contribution is 2.16. The number of nitrogens with one attached hydrogen (secondary N) is 1. The smallest absolute Gasteiger partial charge is 0.261 e. The molecule has 2 rings (SSSR count). The molecule has 156 valence electrons. The second kappa shape index (κ2) is 10.6. The molecule has 0 aliphatic heterocycles. The second-order valence-corrected chi connectivity index (χ2v) is 7.55. The summed E-state index contributed by atoms with van der Waals surface area (Å²) in [5.41, 5.74) is 3.16. The normalized spacial score (nSPS) is 12.7. The zero-order valence-electron chi connectivity index (χ0n) is 18.1. The fraction of sp³-hybridized carbons (Fsp3) is 0.417. The highest BCUT2D eigenvalue weighted by Gasteiger charge is 2.27. The first-order valence-electron chi connectivity index (χ1n) is 10.2. The third-order valence-electron chi connectivity index (χ3n) is 5.12. The largest absolute Gasteiger partial charge is 0.484 e. The Kier molecular flexibility index (Phi) is 8.25. The molecule has 2 amide bonds. The summed E-state index contributed by atoms with van der Waals surface area (Å²) in [4.78, 5) is 27.3. The summed E-state index contributed by atoms with van der Waals surface area (Å²) in [7, 11) is 0. The summed E-state index contributed by atoms with van der Waals surface area (Å²) < 4.78 is 5.71. The second-order valence-electron chi connectivity index (χ2n) is 7.55. The van der Waals surface area contributed by atoms with Gasteiger partial charge < -0.3 is 15.0 Å². The first kappa shape index (κ1) is 22.5. The van der Waals surface area contributed by atoms with E-state index in [0.717, 1.165) is 23.1 Å². The molecular weight excluding hydrogens is 364 g/mol. The van der Waals surface area contributed by atoms with Gasteiger partial charge in [-0.2, -0.15) is 0 Å². The van der Waals surface area contributed by atoms with Gasteiger partial charge in [-0.25, -0.2) is 0 Å². The number of ether oxygens (including phenoxy) is 1. The average Bonchev–Trinajstić information content (AvgIpc) is 2.70. The molecule has 0 saturated carbocycles. The van der Waals surface area contributed by atoms with Crippen LogP contribution < -0.4 is 10.1 Å². The van der Waals surface area contributed by atoms with Crippen molar-refractivity contribution in [3.8, 4) is 5.75 Å². The monoisotopic (exact) mass is 396 g/mol. The van der Waals surface area contributed by atoms with E-state index < -0.39 is 6.04 Å². The SMILES string of the molecule is CCC(C)NC(=O)C(C)N(Cc1ccccc1C)C(=O)COc1cccc(C)c1. The Morgan fingerprint density at radius 1 is 1.07 bits per heavy atom. The molecule has 0 aromatic heterocycles. The van der Waals surface area contributed by atoms with Crippen LogP contribution >= 0.6 is 0 Å². The van der Waals surface area contributed by atoms with Crippen LogP contribution in [-0.4, -0.2) is 35.4 Å². The van der Waals surface area contributed by atoms with Crippen molar-refractivity contribution in [2.45, 2.75) is 59.7 Å². The quantitative estimate of drug-likeness (QED) is 0.697. The van der Waals surface area contributed by atoms with E-state index in [4.69, 9.17) is 4.74 Å². The third kappa shape index (κ3) is 6.63. The molecule has 0 aliphatic rings. The summed E-state index contributed by atoms with van der Waals surface area (Å²) in [6, 6.07) is 14.9. The molecule has 2 unspecified atom stereocenters. The molecule has 0 saturated heterocycles. The summed E-state index contributed by atoms with van der Waals surface area (Å²) in [5, 5.41) is 2.97. The zero-order chi connectivity index (χ0) is 21.4. The fourth-order valence-electron chi connectivity index (χ4n) is 2.95. The first-order chi connectivity index (χ1) is 13.8. The first-order valence-corrected chi connectivity index (χ1v) is 10.2. The third-order valence-corrected chi connectivity index (χ3v) is 5.12. The average molecular weight is 397 g/mol. The summed E-state index contributed by atoms with van der Waals surface area (Å²) in [6.07, 6.45) is 0.834. The Hall–Kier alpha value is -2.82. The molecule has 2 aromatic carbocycles. The van der Waals surface area contributed by atoms with Crippen molar-refractivity contribution < 1.29 is 14.3 Å². The van der Waals surface area contributed by atoms with E-state index in [1.165, 1.54) is 0 Å². The highest BCUT2D eigenvalue weighted by molar-refractivity contribution is 5.88. The Morgan fingerprint density at radius 3 is 2.45 bits per heavy atom. The zero-order valence-corrected chi connectivity index (χ0v) is 18.1. The molecule has 0 aliphatic carbocycles. The minimum Gasteiger partial charge on any atom is -0.484 e. The van der Waals surface area contributed by atoms with Crippen molar-refractivity contribution in [2.24, 2.45) is 0 Å². The van der Waals surface area contributed by atoms with Crippen LogP contribution in [0.3, 0.4) is 0 Å². The molecule has 0 fully saturated rings. The molecule has 0 heterocycles. The fourth-order valence-corrected chi connectivity index (χ4v) is 2.95. The molecule has 0 radical (unpaired) electrons. The Labute approximate surface area is 174 Å². The van der Waals surface area contributed by atoms with Crippen LogP contribution in [0, 0.1) is 13.8 Å². The number of aryl methyl sites for hydroxylation is 2. The van der Waals surface area contributed by atoms with Crippen molar-refractivity contribution in [3.63, 3.8) is 0 Å². The van der Waals surface area contributed by atoms with E-state index in [0.29, 0.717) is 12.3 Å². The van der Waals surface area contributed by atoms with E-state index in [-0.39, 0.29) is 24.5 Å². The number of carbonyl (C=O) groups excluding carboxylic acids is 2. The lowest BCUT2D eigenvalue weighted by molar-refractivity contribution is -0.142. The Balaban J connectivity index is 2.17. The molecule has 1 N–H and O–H groups in total. The highest BCUT2D eigenvalue weighted by atomic mass is 16.5. The van der Waals surface area contributed by atoms with Crippen molar-refractivity contribution >= 4 is 11.8 Å². The molecular formula is C24H32N2O3. The molecule has 5 heteroatoms. The van der Waals surface area contributed by atoms with Gasteiger partial charge in [0.05, 0.1) is 0 Å². The number of hydrogen-bond acceptors (Lipinski definition) is 3. The summed E-state index contributed by atoms with van der Waals surface area (Å²) in [5.74, 6) is 0.268. The van der Waals surface area contributed by atoms with Crippen LogP contribution in [0.5, 0.6) is 5.75 Å². The van der Waals surface area contributed by atoms with Crippen LogP contribution in [0.25, 0.3) is 0 Å². The number of hydrogen-bond donors (Lipinski definition) is 1. The summed E-state index contributed by atoms with van der Waals surface area (Å²) >= 11 is 0. The topological polar surface area (TPSA) is 58.6 Å². The van der Waals surface area contributed by atoms with Gasteiger partial charge in [0, 0.05) is 12.6 Å². The van der Waals surface area contributed by atoms with E-state index in [9.17, 15) is 9.59 Å². The van der Waals surface area contributed by atoms with E-state index in [1.54, 1.807) is 11.8 Å². The number of amides is 2. The van der Waals surface area contributed by atoms with Gasteiger partial charge in [-0.05, 0) is 62.9 Å². The van der Waals surface area contributed by atoms with Gasteiger partial charge in [-0.1, -0.05) is 43.3 Å². The number of nitrogens with zero attached hydrogens (tertiary/aromatic N) is 1. The van der Waals surface area contributed by atoms with Gasteiger partial charge in [0.25, 0.3) is 5.91 Å². The minimum absolute atomic E-state index is 0.0592. The van der Waals surface area contributed by atoms with Gasteiger partial charge in [0.15, 0.2) is 6.61 Å². The van der Waals surface area contributed by atoms with Gasteiger partial charge in [-0.15, -0.1) is 0 Å². The van der Waals surface area contributed by atoms with Crippen molar-refractivity contribution in [2.75, 3.05) is 6.61 Å². The predicted octanol–water partition coefficient (Wildman–Crippen LogP) is 4.01. The van der Waals surface area contributed by atoms with Crippen LogP contribution in [0.15, 0.2) is 48.5 Å². The minimum atomic E-state index is -0.600. The number of carbonyl (C=O) groups is 2. The molecule has 0 spiro atoms. The summed E-state index contributed by atoms with van der Waals surface area (Å²) in [6.45, 7) is 9.96. The van der Waals surface area contributed by atoms with E-state index in [2.05, 4.69) is 5.32 Å². The van der Waals surface area contributed by atoms with Gasteiger partial charge in [0.1, 0.15) is 11.8 Å². The van der Waals surface area contributed by atoms with Crippen molar-refractivity contribution in [3.05, 3.63) is 65.2 Å². The van der Waals surface area contributed by atoms with Gasteiger partial charge >= 0.3 is 0 Å². The molecule has 2 aromatic rings. The molecule has 2 atom stereocenters. The Bertz CT molecular complexity index is 834. The van der Waals surface area contributed by atoms with Crippen molar-refractivity contribution in [1.82, 2.24) is 10.2 Å². The van der Waals surface area contributed by atoms with Crippen LogP contribution in [0.4, 0.5) is 0 Å². The maximum absolute atomic E-state index is 13.0. The molecule has 5 nitrogen and oxygen atoms in total.